The lowest BCUT2D eigenvalue weighted by Gasteiger charge is -2.02. The summed E-state index contributed by atoms with van der Waals surface area (Å²) in [4.78, 5) is 14.0. The predicted octanol–water partition coefficient (Wildman–Crippen LogP) is 2.92. The summed E-state index contributed by atoms with van der Waals surface area (Å²) in [5, 5.41) is 0. The molecule has 0 aliphatic carbocycles. The van der Waals surface area contributed by atoms with Crippen LogP contribution < -0.4 is 4.74 Å². The van der Waals surface area contributed by atoms with Crippen molar-refractivity contribution in [2.24, 2.45) is 0 Å². The zero-order chi connectivity index (χ0) is 13.4. The summed E-state index contributed by atoms with van der Waals surface area (Å²) in [6.45, 7) is 2.80. The van der Waals surface area contributed by atoms with Crippen LogP contribution >= 0.6 is 23.6 Å². The van der Waals surface area contributed by atoms with Crippen molar-refractivity contribution >= 4 is 34.7 Å². The molecule has 0 aromatic carbocycles. The van der Waals surface area contributed by atoms with Crippen molar-refractivity contribution in [3.05, 3.63) is 33.0 Å². The summed E-state index contributed by atoms with van der Waals surface area (Å²) < 4.78 is 7.79. The molecule has 0 spiro atoms. The first-order chi connectivity index (χ1) is 9.19. The number of hydrogen-bond acceptors (Lipinski definition) is 5. The zero-order valence-corrected chi connectivity index (χ0v) is 12.1. The number of aryl methyl sites for hydroxylation is 1. The average molecular weight is 292 g/mol. The molecule has 0 saturated heterocycles. The number of imidazole rings is 1. The minimum absolute atomic E-state index is 0.511. The van der Waals surface area contributed by atoms with E-state index >= 15 is 0 Å². The lowest BCUT2D eigenvalue weighted by atomic mass is 10.4. The van der Waals surface area contributed by atoms with E-state index in [1.807, 2.05) is 4.57 Å². The molecule has 3 heterocycles. The van der Waals surface area contributed by atoms with E-state index in [0.717, 1.165) is 11.2 Å². The Labute approximate surface area is 118 Å². The van der Waals surface area contributed by atoms with Gasteiger partial charge in [-0.05, 0) is 31.3 Å². The highest BCUT2D eigenvalue weighted by molar-refractivity contribution is 7.71. The molecular weight excluding hydrogens is 280 g/mol. The van der Waals surface area contributed by atoms with Gasteiger partial charge < -0.3 is 9.72 Å². The maximum absolute atomic E-state index is 5.36. The average Bonchev–Trinajstić information content (AvgIpc) is 2.94. The van der Waals surface area contributed by atoms with E-state index in [1.165, 1.54) is 16.1 Å². The van der Waals surface area contributed by atoms with Crippen LogP contribution in [0.4, 0.5) is 0 Å². The molecular formula is C12H12N4OS2. The third-order valence-corrected chi connectivity index (χ3v) is 4.14. The van der Waals surface area contributed by atoms with E-state index in [0.29, 0.717) is 17.2 Å². The molecule has 0 fully saturated rings. The van der Waals surface area contributed by atoms with Gasteiger partial charge in [0, 0.05) is 9.75 Å². The molecule has 5 nitrogen and oxygen atoms in total. The Morgan fingerprint density at radius 2 is 2.26 bits per heavy atom. The third-order valence-electron chi connectivity index (χ3n) is 2.83. The van der Waals surface area contributed by atoms with Crippen LogP contribution in [-0.4, -0.2) is 26.6 Å². The predicted molar refractivity (Wildman–Crippen MR) is 77.4 cm³/mol. The smallest absolute Gasteiger partial charge is 0.242 e. The fourth-order valence-electron chi connectivity index (χ4n) is 1.97. The van der Waals surface area contributed by atoms with Gasteiger partial charge in [-0.3, -0.25) is 4.57 Å². The topological polar surface area (TPSA) is 55.7 Å². The van der Waals surface area contributed by atoms with Crippen LogP contribution in [0, 0.1) is 11.7 Å². The largest absolute Gasteiger partial charge is 0.479 e. The van der Waals surface area contributed by atoms with Crippen LogP contribution in [0.5, 0.6) is 5.88 Å². The summed E-state index contributed by atoms with van der Waals surface area (Å²) in [5.74, 6) is 0.511. The van der Waals surface area contributed by atoms with E-state index in [2.05, 4.69) is 34.0 Å². The van der Waals surface area contributed by atoms with Crippen molar-refractivity contribution in [2.75, 3.05) is 7.11 Å². The van der Waals surface area contributed by atoms with E-state index in [1.54, 1.807) is 18.4 Å². The molecule has 0 radical (unpaired) electrons. The molecule has 0 saturated carbocycles. The van der Waals surface area contributed by atoms with Crippen molar-refractivity contribution in [3.8, 4) is 5.88 Å². The van der Waals surface area contributed by atoms with Crippen LogP contribution in [-0.2, 0) is 6.54 Å². The van der Waals surface area contributed by atoms with Crippen molar-refractivity contribution in [2.45, 2.75) is 13.5 Å². The van der Waals surface area contributed by atoms with Gasteiger partial charge in [0.15, 0.2) is 10.4 Å². The van der Waals surface area contributed by atoms with E-state index in [9.17, 15) is 0 Å². The highest BCUT2D eigenvalue weighted by Gasteiger charge is 2.12. The summed E-state index contributed by atoms with van der Waals surface area (Å²) >= 11 is 7.11. The number of rotatable bonds is 3. The number of thiophene rings is 1. The number of aromatic amines is 1. The molecule has 7 heteroatoms. The molecule has 0 atom stereocenters. The molecule has 19 heavy (non-hydrogen) atoms. The van der Waals surface area contributed by atoms with Gasteiger partial charge in [-0.15, -0.1) is 11.3 Å². The second kappa shape index (κ2) is 4.75. The molecule has 1 N–H and O–H groups in total. The van der Waals surface area contributed by atoms with Gasteiger partial charge >= 0.3 is 0 Å². The second-order valence-electron chi connectivity index (χ2n) is 4.11. The van der Waals surface area contributed by atoms with E-state index in [-0.39, 0.29) is 0 Å². The van der Waals surface area contributed by atoms with Crippen LogP contribution in [0.15, 0.2) is 18.5 Å². The monoisotopic (exact) mass is 292 g/mol. The first-order valence-electron chi connectivity index (χ1n) is 5.72. The molecule has 0 bridgehead atoms. The summed E-state index contributed by atoms with van der Waals surface area (Å²) in [6.07, 6.45) is 1.49. The molecule has 3 rings (SSSR count). The quantitative estimate of drug-likeness (QED) is 0.754. The number of nitrogens with one attached hydrogen (secondary N) is 1. The van der Waals surface area contributed by atoms with Crippen molar-refractivity contribution in [3.63, 3.8) is 0 Å². The summed E-state index contributed by atoms with van der Waals surface area (Å²) in [5.41, 5.74) is 1.51. The van der Waals surface area contributed by atoms with E-state index < -0.39 is 0 Å². The number of fused-ring (bicyclic) bond motifs is 1. The first kappa shape index (κ1) is 12.3. The Kier molecular flexibility index (Phi) is 3.08. The number of H-pyrrole nitrogens is 1. The number of hydrogen-bond donors (Lipinski definition) is 1. The van der Waals surface area contributed by atoms with Crippen molar-refractivity contribution in [1.82, 2.24) is 19.5 Å². The van der Waals surface area contributed by atoms with Gasteiger partial charge in [0.05, 0.1) is 13.7 Å². The van der Waals surface area contributed by atoms with Crippen LogP contribution in [0.1, 0.15) is 9.75 Å². The minimum atomic E-state index is 0.511. The number of aromatic nitrogens is 4. The van der Waals surface area contributed by atoms with E-state index in [4.69, 9.17) is 17.0 Å². The lowest BCUT2D eigenvalue weighted by molar-refractivity contribution is 0.401. The van der Waals surface area contributed by atoms with Gasteiger partial charge in [-0.25, -0.2) is 4.98 Å². The van der Waals surface area contributed by atoms with Gasteiger partial charge in [0.1, 0.15) is 11.8 Å². The lowest BCUT2D eigenvalue weighted by Crippen LogP contribution is -1.99. The zero-order valence-electron chi connectivity index (χ0n) is 10.5. The summed E-state index contributed by atoms with van der Waals surface area (Å²) in [6, 6.07) is 4.22. The Bertz CT molecular complexity index is 786. The van der Waals surface area contributed by atoms with Gasteiger partial charge in [0.25, 0.3) is 0 Å². The molecule has 0 aliphatic rings. The number of ether oxygens (including phenoxy) is 1. The maximum atomic E-state index is 5.36. The normalized spacial score (nSPS) is 11.1. The minimum Gasteiger partial charge on any atom is -0.479 e. The highest BCUT2D eigenvalue weighted by atomic mass is 32.1. The fraction of sp³-hybridized carbons (Fsp3) is 0.250. The van der Waals surface area contributed by atoms with Crippen LogP contribution in [0.2, 0.25) is 0 Å². The Morgan fingerprint density at radius 1 is 1.42 bits per heavy atom. The fourth-order valence-corrected chi connectivity index (χ4v) is 3.11. The van der Waals surface area contributed by atoms with Crippen molar-refractivity contribution < 1.29 is 4.74 Å². The standard InChI is InChI=1S/C12H12N4OS2/c1-7-3-4-8(19-7)5-16-10-9(15-12(16)18)11(17-2)14-6-13-10/h3-4,6H,5H2,1-2H3,(H,15,18). The summed E-state index contributed by atoms with van der Waals surface area (Å²) in [7, 11) is 1.58. The number of nitrogens with zero attached hydrogens (tertiary/aromatic N) is 3. The maximum Gasteiger partial charge on any atom is 0.242 e. The molecule has 3 aromatic rings. The van der Waals surface area contributed by atoms with Gasteiger partial charge in [-0.2, -0.15) is 4.98 Å². The molecule has 3 aromatic heterocycles. The Hall–Kier alpha value is -1.73. The molecule has 0 unspecified atom stereocenters. The van der Waals surface area contributed by atoms with Crippen LogP contribution in [0.25, 0.3) is 11.2 Å². The van der Waals surface area contributed by atoms with Gasteiger partial charge in [-0.1, -0.05) is 0 Å². The van der Waals surface area contributed by atoms with Crippen LogP contribution in [0.3, 0.4) is 0 Å². The van der Waals surface area contributed by atoms with Crippen molar-refractivity contribution in [1.29, 1.82) is 0 Å². The first-order valence-corrected chi connectivity index (χ1v) is 6.94. The third kappa shape index (κ3) is 2.15. The SMILES string of the molecule is COc1ncnc2c1[nH]c(=S)n2Cc1ccc(C)s1. The molecule has 0 aliphatic heterocycles. The highest BCUT2D eigenvalue weighted by Crippen LogP contribution is 2.23. The van der Waals surface area contributed by atoms with Gasteiger partial charge in [0.2, 0.25) is 5.88 Å². The Morgan fingerprint density at radius 3 is 2.95 bits per heavy atom. The molecule has 98 valence electrons. The molecule has 0 amide bonds. The number of methoxy groups -OCH3 is 1. The Balaban J connectivity index is 2.13. The second-order valence-corrected chi connectivity index (χ2v) is 5.87.